The minimum atomic E-state index is -4.60. The topological polar surface area (TPSA) is 84.9 Å². The Morgan fingerprint density at radius 3 is 2.40 bits per heavy atom. The van der Waals surface area contributed by atoms with Gasteiger partial charge in [0.2, 0.25) is 0 Å². The molecule has 2 N–H and O–H groups in total. The summed E-state index contributed by atoms with van der Waals surface area (Å²) in [6.45, 7) is -0.404. The maximum atomic E-state index is 13.4. The van der Waals surface area contributed by atoms with Gasteiger partial charge in [-0.2, -0.15) is 13.2 Å². The van der Waals surface area contributed by atoms with Gasteiger partial charge >= 0.3 is 18.2 Å². The molecule has 0 aliphatic heterocycles. The zero-order valence-electron chi connectivity index (χ0n) is 18.5. The highest BCUT2D eigenvalue weighted by atomic mass is 35.5. The average molecular weight is 508 g/mol. The highest BCUT2D eigenvalue weighted by Crippen LogP contribution is 2.37. The first-order valence-corrected chi connectivity index (χ1v) is 10.7. The summed E-state index contributed by atoms with van der Waals surface area (Å²) in [5.41, 5.74) is 0.980. The lowest BCUT2D eigenvalue weighted by Gasteiger charge is -2.17. The van der Waals surface area contributed by atoms with Crippen molar-refractivity contribution >= 4 is 23.7 Å². The van der Waals surface area contributed by atoms with Crippen LogP contribution in [0.25, 0.3) is 11.1 Å². The predicted molar refractivity (Wildman–Crippen MR) is 123 cm³/mol. The van der Waals surface area contributed by atoms with Crippen LogP contribution >= 0.6 is 11.6 Å². The van der Waals surface area contributed by atoms with Crippen molar-refractivity contribution in [1.82, 2.24) is 5.32 Å². The van der Waals surface area contributed by atoms with Crippen LogP contribution < -0.4 is 10.1 Å². The van der Waals surface area contributed by atoms with E-state index < -0.39 is 23.8 Å². The third-order valence-corrected chi connectivity index (χ3v) is 5.45. The predicted octanol–water partition coefficient (Wildman–Crippen LogP) is 6.09. The number of ether oxygens (including phenoxy) is 2. The fourth-order valence-electron chi connectivity index (χ4n) is 3.41. The number of alkyl halides is 3. The molecule has 0 radical (unpaired) electrons. The number of alkyl carbamates (subject to hydrolysis) is 1. The van der Waals surface area contributed by atoms with Crippen LogP contribution in [0.1, 0.15) is 22.3 Å². The van der Waals surface area contributed by atoms with E-state index in [2.05, 4.69) is 5.32 Å². The molecule has 0 fully saturated rings. The van der Waals surface area contributed by atoms with Crippen molar-refractivity contribution in [2.75, 3.05) is 7.11 Å². The van der Waals surface area contributed by atoms with Crippen molar-refractivity contribution < 1.29 is 37.3 Å². The summed E-state index contributed by atoms with van der Waals surface area (Å²) in [6, 6.07) is 14.5. The molecule has 184 valence electrons. The number of methoxy groups -OCH3 is 1. The lowest BCUT2D eigenvalue weighted by Crippen LogP contribution is -2.24. The minimum absolute atomic E-state index is 0.119. The van der Waals surface area contributed by atoms with Crippen molar-refractivity contribution in [3.8, 4) is 16.9 Å². The van der Waals surface area contributed by atoms with E-state index in [1.54, 1.807) is 36.4 Å². The smallest absolute Gasteiger partial charge is 0.416 e. The number of hydrogen-bond acceptors (Lipinski definition) is 4. The van der Waals surface area contributed by atoms with E-state index in [9.17, 15) is 22.8 Å². The molecule has 0 spiro atoms. The molecule has 3 aromatic rings. The van der Waals surface area contributed by atoms with E-state index in [0.717, 1.165) is 12.1 Å². The summed E-state index contributed by atoms with van der Waals surface area (Å²) in [4.78, 5) is 23.4. The molecule has 0 atom stereocenters. The fourth-order valence-corrected chi connectivity index (χ4v) is 3.60. The molecule has 1 amide bonds. The Balaban J connectivity index is 1.89. The summed E-state index contributed by atoms with van der Waals surface area (Å²) in [5, 5.41) is 12.0. The number of benzene rings is 3. The number of halogens is 4. The molecule has 0 aliphatic rings. The van der Waals surface area contributed by atoms with Crippen molar-refractivity contribution in [2.45, 2.75) is 25.7 Å². The Hall–Kier alpha value is -3.72. The first kappa shape index (κ1) is 25.9. The SMILES string of the molecule is COc1ccc(CC(=O)O)cc1-c1ccc(C(F)(F)F)cc1CNC(=O)OCc1ccccc1Cl. The van der Waals surface area contributed by atoms with Gasteiger partial charge in [0.15, 0.2) is 0 Å². The number of aliphatic carboxylic acids is 1. The third-order valence-electron chi connectivity index (χ3n) is 5.08. The molecule has 0 aliphatic carbocycles. The molecule has 0 unspecified atom stereocenters. The summed E-state index contributed by atoms with van der Waals surface area (Å²) in [7, 11) is 1.39. The van der Waals surface area contributed by atoms with Crippen LogP contribution in [-0.4, -0.2) is 24.3 Å². The standard InChI is InChI=1S/C25H21ClF3NO5/c1-34-22-9-6-15(11-23(31)32)10-20(22)19-8-7-18(25(27,28)29)12-17(19)13-30-24(33)35-14-16-4-2-3-5-21(16)26/h2-10,12H,11,13-14H2,1H3,(H,30,33)(H,31,32). The number of carboxylic acid groups (broad SMARTS) is 1. The zero-order chi connectivity index (χ0) is 25.6. The molecule has 35 heavy (non-hydrogen) atoms. The summed E-state index contributed by atoms with van der Waals surface area (Å²) >= 11 is 6.04. The summed E-state index contributed by atoms with van der Waals surface area (Å²) in [6.07, 6.45) is -5.73. The number of carbonyl (C=O) groups excluding carboxylic acids is 1. The van der Waals surface area contributed by atoms with E-state index >= 15 is 0 Å². The fraction of sp³-hybridized carbons (Fsp3) is 0.200. The highest BCUT2D eigenvalue weighted by molar-refractivity contribution is 6.31. The van der Waals surface area contributed by atoms with Crippen molar-refractivity contribution in [1.29, 1.82) is 0 Å². The number of hydrogen-bond donors (Lipinski definition) is 2. The van der Waals surface area contributed by atoms with E-state index in [0.29, 0.717) is 33.0 Å². The molecule has 0 heterocycles. The van der Waals surface area contributed by atoms with Crippen LogP contribution in [0.2, 0.25) is 5.02 Å². The number of rotatable bonds is 8. The third kappa shape index (κ3) is 6.89. The molecular weight excluding hydrogens is 487 g/mol. The van der Waals surface area contributed by atoms with Crippen molar-refractivity contribution in [3.05, 3.63) is 87.9 Å². The minimum Gasteiger partial charge on any atom is -0.496 e. The van der Waals surface area contributed by atoms with E-state index in [4.69, 9.17) is 26.2 Å². The Morgan fingerprint density at radius 2 is 1.74 bits per heavy atom. The lowest BCUT2D eigenvalue weighted by molar-refractivity contribution is -0.138. The molecule has 10 heteroatoms. The van der Waals surface area contributed by atoms with E-state index in [1.165, 1.54) is 19.2 Å². The van der Waals surface area contributed by atoms with Gasteiger partial charge in [-0.15, -0.1) is 0 Å². The maximum absolute atomic E-state index is 13.4. The van der Waals surface area contributed by atoms with Gasteiger partial charge in [-0.05, 0) is 47.0 Å². The second kappa shape index (κ2) is 11.1. The molecule has 6 nitrogen and oxygen atoms in total. The first-order chi connectivity index (χ1) is 16.6. The molecule has 0 saturated carbocycles. The van der Waals surface area contributed by atoms with Gasteiger partial charge in [-0.25, -0.2) is 4.79 Å². The van der Waals surface area contributed by atoms with Crippen LogP contribution in [0.3, 0.4) is 0 Å². The zero-order valence-corrected chi connectivity index (χ0v) is 19.2. The monoisotopic (exact) mass is 507 g/mol. The lowest BCUT2D eigenvalue weighted by atomic mass is 9.94. The Bertz CT molecular complexity index is 1230. The normalized spacial score (nSPS) is 11.1. The van der Waals surface area contributed by atoms with Crippen LogP contribution in [0.15, 0.2) is 60.7 Å². The Morgan fingerprint density at radius 1 is 1.00 bits per heavy atom. The Labute approximate surface area is 204 Å². The number of carboxylic acids is 1. The average Bonchev–Trinajstić information content (AvgIpc) is 2.81. The maximum Gasteiger partial charge on any atom is 0.416 e. The first-order valence-electron chi connectivity index (χ1n) is 10.3. The molecular formula is C25H21ClF3NO5. The molecule has 0 saturated heterocycles. The second-order valence-corrected chi connectivity index (χ2v) is 7.90. The molecule has 0 aromatic heterocycles. The summed E-state index contributed by atoms with van der Waals surface area (Å²) in [5.74, 6) is -0.724. The summed E-state index contributed by atoms with van der Waals surface area (Å²) < 4.78 is 50.6. The van der Waals surface area contributed by atoms with E-state index in [1.807, 2.05) is 0 Å². The van der Waals surface area contributed by atoms with Crippen molar-refractivity contribution in [2.24, 2.45) is 0 Å². The van der Waals surface area contributed by atoms with Crippen LogP contribution in [0.4, 0.5) is 18.0 Å². The van der Waals surface area contributed by atoms with Gasteiger partial charge in [0.1, 0.15) is 12.4 Å². The molecule has 3 aromatic carbocycles. The number of nitrogens with one attached hydrogen (secondary N) is 1. The number of amides is 1. The largest absolute Gasteiger partial charge is 0.496 e. The van der Waals surface area contributed by atoms with Crippen LogP contribution in [0.5, 0.6) is 5.75 Å². The van der Waals surface area contributed by atoms with Crippen LogP contribution in [-0.2, 0) is 35.3 Å². The van der Waals surface area contributed by atoms with Gasteiger partial charge in [-0.1, -0.05) is 41.9 Å². The van der Waals surface area contributed by atoms with Crippen molar-refractivity contribution in [3.63, 3.8) is 0 Å². The van der Waals surface area contributed by atoms with Gasteiger partial charge in [0.05, 0.1) is 19.1 Å². The second-order valence-electron chi connectivity index (χ2n) is 7.50. The number of carbonyl (C=O) groups is 2. The van der Waals surface area contributed by atoms with Gasteiger partial charge < -0.3 is 19.9 Å². The molecule has 3 rings (SSSR count). The molecule has 0 bridgehead atoms. The highest BCUT2D eigenvalue weighted by Gasteiger charge is 2.31. The van der Waals surface area contributed by atoms with Gasteiger partial charge in [-0.3, -0.25) is 4.79 Å². The van der Waals surface area contributed by atoms with Gasteiger partial charge in [0, 0.05) is 22.7 Å². The van der Waals surface area contributed by atoms with Crippen LogP contribution in [0, 0.1) is 0 Å². The Kier molecular flexibility index (Phi) is 8.24. The van der Waals surface area contributed by atoms with E-state index in [-0.39, 0.29) is 25.1 Å². The van der Waals surface area contributed by atoms with Gasteiger partial charge in [0.25, 0.3) is 0 Å². The quantitative estimate of drug-likeness (QED) is 0.385.